The summed E-state index contributed by atoms with van der Waals surface area (Å²) in [5, 5.41) is 9.66. The number of likely N-dealkylation sites (tertiary alicyclic amines) is 1. The van der Waals surface area contributed by atoms with Gasteiger partial charge in [0.25, 0.3) is 0 Å². The molecule has 3 rings (SSSR count). The largest absolute Gasteiger partial charge is 0.480 e. The Morgan fingerprint density at radius 3 is 2.15 bits per heavy atom. The van der Waals surface area contributed by atoms with Crippen LogP contribution in [0.4, 0.5) is 8.78 Å². The number of rotatable bonds is 5. The van der Waals surface area contributed by atoms with E-state index in [9.17, 15) is 23.5 Å². The highest BCUT2D eigenvalue weighted by Gasteiger charge is 2.34. The summed E-state index contributed by atoms with van der Waals surface area (Å²) in [6, 6.07) is 9.83. The van der Waals surface area contributed by atoms with Crippen molar-refractivity contribution in [3.63, 3.8) is 0 Å². The molecule has 2 aromatic rings. The van der Waals surface area contributed by atoms with E-state index in [1.807, 2.05) is 0 Å². The molecule has 26 heavy (non-hydrogen) atoms. The molecule has 1 fully saturated rings. The third-order valence-corrected chi connectivity index (χ3v) is 4.74. The molecule has 1 heterocycles. The average Bonchev–Trinajstić information content (AvgIpc) is 2.63. The third-order valence-electron chi connectivity index (χ3n) is 4.74. The van der Waals surface area contributed by atoms with Gasteiger partial charge in [0.05, 0.1) is 0 Å². The minimum Gasteiger partial charge on any atom is -0.480 e. The second kappa shape index (κ2) is 7.74. The summed E-state index contributed by atoms with van der Waals surface area (Å²) in [6.07, 6.45) is 1.34. The number of carbonyl (C=O) groups is 2. The summed E-state index contributed by atoms with van der Waals surface area (Å²) in [7, 11) is 0. The van der Waals surface area contributed by atoms with Crippen LogP contribution in [0.1, 0.15) is 34.8 Å². The second-order valence-electron chi connectivity index (χ2n) is 6.50. The molecular weight excluding hydrogens is 340 g/mol. The molecule has 6 heteroatoms. The minimum absolute atomic E-state index is 0.113. The fraction of sp³-hybridized carbons (Fsp3) is 0.300. The van der Waals surface area contributed by atoms with Gasteiger partial charge in [-0.2, -0.15) is 0 Å². The monoisotopic (exact) mass is 359 g/mol. The van der Waals surface area contributed by atoms with Gasteiger partial charge in [0.15, 0.2) is 5.78 Å². The van der Waals surface area contributed by atoms with Crippen molar-refractivity contribution in [2.24, 2.45) is 5.92 Å². The number of nitrogens with zero attached hydrogens (tertiary/aromatic N) is 1. The molecule has 1 saturated heterocycles. The van der Waals surface area contributed by atoms with E-state index in [-0.39, 0.29) is 11.7 Å². The Labute approximate surface area is 150 Å². The fourth-order valence-electron chi connectivity index (χ4n) is 3.46. The summed E-state index contributed by atoms with van der Waals surface area (Å²) >= 11 is 0. The van der Waals surface area contributed by atoms with Gasteiger partial charge in [-0.15, -0.1) is 0 Å². The summed E-state index contributed by atoms with van der Waals surface area (Å²) < 4.78 is 26.2. The predicted octanol–water partition coefficient (Wildman–Crippen LogP) is 3.69. The molecule has 1 aliphatic heterocycles. The van der Waals surface area contributed by atoms with Crippen LogP contribution in [0.15, 0.2) is 48.5 Å². The zero-order valence-electron chi connectivity index (χ0n) is 14.1. The highest BCUT2D eigenvalue weighted by Crippen LogP contribution is 2.29. The van der Waals surface area contributed by atoms with Crippen molar-refractivity contribution in [2.75, 3.05) is 13.1 Å². The van der Waals surface area contributed by atoms with Crippen molar-refractivity contribution in [1.29, 1.82) is 0 Å². The topological polar surface area (TPSA) is 57.6 Å². The SMILES string of the molecule is O=C(c1ccc(F)cc1)C1CCCN(C(C(=O)O)c2ccc(F)cc2)C1. The lowest BCUT2D eigenvalue weighted by molar-refractivity contribution is -0.144. The van der Waals surface area contributed by atoms with Crippen LogP contribution in [0.3, 0.4) is 0 Å². The van der Waals surface area contributed by atoms with Gasteiger partial charge in [-0.3, -0.25) is 14.5 Å². The van der Waals surface area contributed by atoms with Crippen molar-refractivity contribution in [2.45, 2.75) is 18.9 Å². The molecule has 1 N–H and O–H groups in total. The molecular formula is C20H19F2NO3. The van der Waals surface area contributed by atoms with Crippen LogP contribution in [-0.2, 0) is 4.79 Å². The number of carboxylic acid groups (broad SMARTS) is 1. The Balaban J connectivity index is 1.79. The molecule has 136 valence electrons. The number of hydrogen-bond donors (Lipinski definition) is 1. The van der Waals surface area contributed by atoms with Crippen LogP contribution in [0.2, 0.25) is 0 Å². The maximum Gasteiger partial charge on any atom is 0.325 e. The van der Waals surface area contributed by atoms with Gasteiger partial charge >= 0.3 is 5.97 Å². The normalized spacial score (nSPS) is 19.1. The number of benzene rings is 2. The van der Waals surface area contributed by atoms with Gasteiger partial charge in [0, 0.05) is 18.0 Å². The molecule has 0 amide bonds. The number of hydrogen-bond acceptors (Lipinski definition) is 3. The first-order valence-corrected chi connectivity index (χ1v) is 8.48. The van der Waals surface area contributed by atoms with Gasteiger partial charge in [-0.1, -0.05) is 12.1 Å². The highest BCUT2D eigenvalue weighted by atomic mass is 19.1. The molecule has 4 nitrogen and oxygen atoms in total. The minimum atomic E-state index is -1.04. The molecule has 2 atom stereocenters. The van der Waals surface area contributed by atoms with Gasteiger partial charge < -0.3 is 5.11 Å². The highest BCUT2D eigenvalue weighted by molar-refractivity contribution is 5.98. The van der Waals surface area contributed by atoms with Gasteiger partial charge in [-0.05, 0) is 61.3 Å². The number of halogens is 2. The maximum absolute atomic E-state index is 13.1. The first-order valence-electron chi connectivity index (χ1n) is 8.48. The van der Waals surface area contributed by atoms with Crippen LogP contribution in [0.25, 0.3) is 0 Å². The Kier molecular flexibility index (Phi) is 5.42. The van der Waals surface area contributed by atoms with Crippen molar-refractivity contribution >= 4 is 11.8 Å². The summed E-state index contributed by atoms with van der Waals surface area (Å²) in [5.74, 6) is -2.34. The summed E-state index contributed by atoms with van der Waals surface area (Å²) in [6.45, 7) is 0.839. The molecule has 0 aromatic heterocycles. The van der Waals surface area contributed by atoms with E-state index in [1.54, 1.807) is 4.90 Å². The molecule has 2 aromatic carbocycles. The zero-order valence-corrected chi connectivity index (χ0v) is 14.1. The van der Waals surface area contributed by atoms with E-state index in [0.717, 1.165) is 0 Å². The van der Waals surface area contributed by atoms with Crippen molar-refractivity contribution < 1.29 is 23.5 Å². The van der Waals surface area contributed by atoms with Crippen molar-refractivity contribution in [3.8, 4) is 0 Å². The Hall–Kier alpha value is -2.60. The molecule has 0 spiro atoms. The lowest BCUT2D eigenvalue weighted by atomic mass is 9.88. The summed E-state index contributed by atoms with van der Waals surface area (Å²) in [5.41, 5.74) is 0.903. The molecule has 0 bridgehead atoms. The fourth-order valence-corrected chi connectivity index (χ4v) is 3.46. The maximum atomic E-state index is 13.1. The number of aliphatic carboxylic acids is 1. The van der Waals surface area contributed by atoms with Crippen LogP contribution < -0.4 is 0 Å². The zero-order chi connectivity index (χ0) is 18.7. The van der Waals surface area contributed by atoms with E-state index in [2.05, 4.69) is 0 Å². The average molecular weight is 359 g/mol. The standard InChI is InChI=1S/C20H19F2NO3/c21-16-7-3-13(4-8-16)18(20(25)26)23-11-1-2-15(12-23)19(24)14-5-9-17(22)10-6-14/h3-10,15,18H,1-2,11-12H2,(H,25,26). The van der Waals surface area contributed by atoms with Gasteiger partial charge in [-0.25, -0.2) is 8.78 Å². The molecule has 0 radical (unpaired) electrons. The predicted molar refractivity (Wildman–Crippen MR) is 91.8 cm³/mol. The molecule has 1 aliphatic rings. The van der Waals surface area contributed by atoms with Gasteiger partial charge in [0.2, 0.25) is 0 Å². The number of piperidine rings is 1. The van der Waals surface area contributed by atoms with E-state index >= 15 is 0 Å². The molecule has 0 aliphatic carbocycles. The van der Waals surface area contributed by atoms with Crippen LogP contribution in [-0.4, -0.2) is 34.8 Å². The van der Waals surface area contributed by atoms with E-state index < -0.39 is 23.6 Å². The number of ketones is 1. The molecule has 0 saturated carbocycles. The Morgan fingerprint density at radius 2 is 1.58 bits per heavy atom. The smallest absolute Gasteiger partial charge is 0.325 e. The van der Waals surface area contributed by atoms with Crippen LogP contribution in [0.5, 0.6) is 0 Å². The second-order valence-corrected chi connectivity index (χ2v) is 6.50. The number of carbonyl (C=O) groups excluding carboxylic acids is 1. The van der Waals surface area contributed by atoms with Crippen molar-refractivity contribution in [3.05, 3.63) is 71.3 Å². The molecule has 2 unspecified atom stereocenters. The van der Waals surface area contributed by atoms with E-state index in [0.29, 0.717) is 37.1 Å². The first-order chi connectivity index (χ1) is 12.5. The van der Waals surface area contributed by atoms with Crippen LogP contribution >= 0.6 is 0 Å². The first kappa shape index (κ1) is 18.2. The van der Waals surface area contributed by atoms with Crippen molar-refractivity contribution in [1.82, 2.24) is 4.90 Å². The van der Waals surface area contributed by atoms with E-state index in [4.69, 9.17) is 0 Å². The quantitative estimate of drug-likeness (QED) is 0.828. The van der Waals surface area contributed by atoms with Gasteiger partial charge in [0.1, 0.15) is 17.7 Å². The Morgan fingerprint density at radius 1 is 1.00 bits per heavy atom. The van der Waals surface area contributed by atoms with Crippen LogP contribution in [0, 0.1) is 17.6 Å². The Bertz CT molecular complexity index is 790. The third kappa shape index (κ3) is 3.96. The number of Topliss-reactive ketones (excluding diaryl/α,β-unsaturated/α-hetero) is 1. The summed E-state index contributed by atoms with van der Waals surface area (Å²) in [4.78, 5) is 26.2. The lowest BCUT2D eigenvalue weighted by Crippen LogP contribution is -2.43. The van der Waals surface area contributed by atoms with E-state index in [1.165, 1.54) is 48.5 Å². The number of carboxylic acids is 1. The lowest BCUT2D eigenvalue weighted by Gasteiger charge is -2.36.